The first-order chi connectivity index (χ1) is 10.8. The third-order valence-electron chi connectivity index (χ3n) is 3.86. The molecule has 2 unspecified atom stereocenters. The molecular weight excluding hydrogens is 302 g/mol. The van der Waals surface area contributed by atoms with E-state index >= 15 is 0 Å². The Morgan fingerprint density at radius 2 is 1.91 bits per heavy atom. The summed E-state index contributed by atoms with van der Waals surface area (Å²) in [5.74, 6) is -1.09. The minimum Gasteiger partial charge on any atom is -0.444 e. The van der Waals surface area contributed by atoms with Gasteiger partial charge in [-0.05, 0) is 51.7 Å². The Labute approximate surface area is 135 Å². The van der Waals surface area contributed by atoms with E-state index in [1.54, 1.807) is 20.8 Å². The first-order valence-electron chi connectivity index (χ1n) is 7.93. The summed E-state index contributed by atoms with van der Waals surface area (Å²) in [6, 6.07) is 3.73. The van der Waals surface area contributed by atoms with Gasteiger partial charge in [-0.1, -0.05) is 12.5 Å². The Hall–Kier alpha value is -1.85. The molecule has 0 aliphatic heterocycles. The molecular formula is C17H24F2N2O2. The smallest absolute Gasteiger partial charge is 0.407 e. The molecule has 0 bridgehead atoms. The highest BCUT2D eigenvalue weighted by atomic mass is 19.1. The Balaban J connectivity index is 1.92. The highest BCUT2D eigenvalue weighted by molar-refractivity contribution is 5.67. The molecule has 2 N–H and O–H groups in total. The predicted octanol–water partition coefficient (Wildman–Crippen LogP) is 4.07. The van der Waals surface area contributed by atoms with Gasteiger partial charge in [-0.25, -0.2) is 13.6 Å². The summed E-state index contributed by atoms with van der Waals surface area (Å²) in [5, 5.41) is 5.69. The number of nitrogens with one attached hydrogen (secondary N) is 2. The van der Waals surface area contributed by atoms with Crippen molar-refractivity contribution in [3.05, 3.63) is 29.8 Å². The third kappa shape index (κ3) is 5.08. The minimum absolute atomic E-state index is 0.0728. The molecule has 4 nitrogen and oxygen atoms in total. The van der Waals surface area contributed by atoms with Crippen molar-refractivity contribution in [2.24, 2.45) is 5.92 Å². The summed E-state index contributed by atoms with van der Waals surface area (Å²) < 4.78 is 32.7. The highest BCUT2D eigenvalue weighted by Crippen LogP contribution is 2.30. The first kappa shape index (κ1) is 17.5. The van der Waals surface area contributed by atoms with Crippen LogP contribution in [0.15, 0.2) is 18.2 Å². The van der Waals surface area contributed by atoms with E-state index in [9.17, 15) is 13.6 Å². The largest absolute Gasteiger partial charge is 0.444 e. The lowest BCUT2D eigenvalue weighted by atomic mass is 10.0. The van der Waals surface area contributed by atoms with Crippen molar-refractivity contribution in [1.29, 1.82) is 0 Å². The van der Waals surface area contributed by atoms with Crippen LogP contribution in [0.25, 0.3) is 0 Å². The van der Waals surface area contributed by atoms with Crippen molar-refractivity contribution in [2.75, 3.05) is 11.9 Å². The van der Waals surface area contributed by atoms with E-state index in [0.29, 0.717) is 6.54 Å². The van der Waals surface area contributed by atoms with Crippen molar-refractivity contribution in [3.8, 4) is 0 Å². The van der Waals surface area contributed by atoms with Crippen LogP contribution < -0.4 is 10.6 Å². The zero-order valence-corrected chi connectivity index (χ0v) is 13.8. The molecule has 0 radical (unpaired) electrons. The second kappa shape index (κ2) is 7.15. The number of anilines is 1. The van der Waals surface area contributed by atoms with E-state index in [1.165, 1.54) is 18.2 Å². The van der Waals surface area contributed by atoms with Crippen molar-refractivity contribution in [1.82, 2.24) is 5.32 Å². The fourth-order valence-electron chi connectivity index (χ4n) is 2.82. The van der Waals surface area contributed by atoms with Crippen LogP contribution >= 0.6 is 0 Å². The van der Waals surface area contributed by atoms with E-state index in [-0.39, 0.29) is 17.6 Å². The fourth-order valence-corrected chi connectivity index (χ4v) is 2.82. The van der Waals surface area contributed by atoms with E-state index in [2.05, 4.69) is 10.6 Å². The number of carbonyl (C=O) groups excluding carboxylic acids is 1. The van der Waals surface area contributed by atoms with Gasteiger partial charge in [0.1, 0.15) is 22.9 Å². The number of ether oxygens (including phenoxy) is 1. The standard InChI is InChI=1S/C17H24F2N2O2/c1-17(2,3)23-16(22)20-10-11-6-4-9-14(11)21-15-12(18)7-5-8-13(15)19/h5,7-8,11,14,21H,4,6,9-10H2,1-3H3,(H,20,22). The number of alkyl carbamates (subject to hydrolysis) is 1. The van der Waals surface area contributed by atoms with E-state index in [4.69, 9.17) is 4.74 Å². The van der Waals surface area contributed by atoms with Gasteiger partial charge < -0.3 is 15.4 Å². The molecule has 1 aliphatic carbocycles. The Morgan fingerprint density at radius 1 is 1.26 bits per heavy atom. The minimum atomic E-state index is -0.601. The maximum atomic E-state index is 13.7. The third-order valence-corrected chi connectivity index (χ3v) is 3.86. The van der Waals surface area contributed by atoms with Gasteiger partial charge in [0.25, 0.3) is 0 Å². The van der Waals surface area contributed by atoms with Crippen LogP contribution in [-0.4, -0.2) is 24.3 Å². The number of halogens is 2. The molecule has 0 aromatic heterocycles. The van der Waals surface area contributed by atoms with Crippen molar-refractivity contribution in [3.63, 3.8) is 0 Å². The van der Waals surface area contributed by atoms with Gasteiger partial charge in [-0.3, -0.25) is 0 Å². The molecule has 2 atom stereocenters. The van der Waals surface area contributed by atoms with Crippen molar-refractivity contribution >= 4 is 11.8 Å². The molecule has 1 aromatic carbocycles. The molecule has 1 fully saturated rings. The molecule has 6 heteroatoms. The summed E-state index contributed by atoms with van der Waals surface area (Å²) in [5.41, 5.74) is -0.644. The molecule has 1 aliphatic rings. The Kier molecular flexibility index (Phi) is 5.44. The number of carbonyl (C=O) groups is 1. The first-order valence-corrected chi connectivity index (χ1v) is 7.93. The van der Waals surface area contributed by atoms with Crippen molar-refractivity contribution < 1.29 is 18.3 Å². The van der Waals surface area contributed by atoms with E-state index < -0.39 is 23.3 Å². The molecule has 128 valence electrons. The molecule has 1 aromatic rings. The van der Waals surface area contributed by atoms with Gasteiger partial charge in [0.2, 0.25) is 0 Å². The number of para-hydroxylation sites is 1. The van der Waals surface area contributed by atoms with Crippen LogP contribution in [0.4, 0.5) is 19.3 Å². The zero-order valence-electron chi connectivity index (χ0n) is 13.8. The van der Waals surface area contributed by atoms with Gasteiger partial charge in [0.05, 0.1) is 0 Å². The zero-order chi connectivity index (χ0) is 17.0. The maximum Gasteiger partial charge on any atom is 0.407 e. The molecule has 0 heterocycles. The second-order valence-corrected chi connectivity index (χ2v) is 6.92. The average molecular weight is 326 g/mol. The highest BCUT2D eigenvalue weighted by Gasteiger charge is 2.29. The topological polar surface area (TPSA) is 50.4 Å². The van der Waals surface area contributed by atoms with E-state index in [1.807, 2.05) is 0 Å². The number of hydrogen-bond donors (Lipinski definition) is 2. The quantitative estimate of drug-likeness (QED) is 0.877. The van der Waals surface area contributed by atoms with Crippen LogP contribution in [0, 0.1) is 17.6 Å². The number of benzene rings is 1. The molecule has 0 saturated heterocycles. The lowest BCUT2D eigenvalue weighted by Gasteiger charge is -2.24. The summed E-state index contributed by atoms with van der Waals surface area (Å²) in [6.07, 6.45) is 2.19. The number of hydrogen-bond acceptors (Lipinski definition) is 3. The van der Waals surface area contributed by atoms with Crippen LogP contribution in [0.3, 0.4) is 0 Å². The van der Waals surface area contributed by atoms with Gasteiger partial charge in [0, 0.05) is 12.6 Å². The Morgan fingerprint density at radius 3 is 2.52 bits per heavy atom. The average Bonchev–Trinajstić information content (AvgIpc) is 2.86. The van der Waals surface area contributed by atoms with E-state index in [0.717, 1.165) is 19.3 Å². The molecule has 1 saturated carbocycles. The molecule has 2 rings (SSSR count). The van der Waals surface area contributed by atoms with Gasteiger partial charge >= 0.3 is 6.09 Å². The summed E-state index contributed by atoms with van der Waals surface area (Å²) >= 11 is 0. The normalized spacial score (nSPS) is 21.1. The van der Waals surface area contributed by atoms with Crippen LogP contribution in [-0.2, 0) is 4.74 Å². The van der Waals surface area contributed by atoms with Gasteiger partial charge in [-0.15, -0.1) is 0 Å². The Bertz CT molecular complexity index is 538. The maximum absolute atomic E-state index is 13.7. The van der Waals surface area contributed by atoms with Gasteiger partial charge in [0.15, 0.2) is 0 Å². The van der Waals surface area contributed by atoms with Crippen LogP contribution in [0.5, 0.6) is 0 Å². The number of amides is 1. The summed E-state index contributed by atoms with van der Waals surface area (Å²) in [7, 11) is 0. The SMILES string of the molecule is CC(C)(C)OC(=O)NCC1CCCC1Nc1c(F)cccc1F. The van der Waals surface area contributed by atoms with Crippen LogP contribution in [0.1, 0.15) is 40.0 Å². The second-order valence-electron chi connectivity index (χ2n) is 6.92. The molecule has 23 heavy (non-hydrogen) atoms. The van der Waals surface area contributed by atoms with Crippen molar-refractivity contribution in [2.45, 2.75) is 51.7 Å². The predicted molar refractivity (Wildman–Crippen MR) is 85.3 cm³/mol. The van der Waals surface area contributed by atoms with Crippen LogP contribution in [0.2, 0.25) is 0 Å². The monoisotopic (exact) mass is 326 g/mol. The fraction of sp³-hybridized carbons (Fsp3) is 0.588. The summed E-state index contributed by atoms with van der Waals surface area (Å²) in [6.45, 7) is 5.82. The molecule has 1 amide bonds. The lowest BCUT2D eigenvalue weighted by Crippen LogP contribution is -2.38. The summed E-state index contributed by atoms with van der Waals surface area (Å²) in [4.78, 5) is 11.7. The van der Waals surface area contributed by atoms with Gasteiger partial charge in [-0.2, -0.15) is 0 Å². The molecule has 0 spiro atoms. The number of rotatable bonds is 4. The lowest BCUT2D eigenvalue weighted by molar-refractivity contribution is 0.0519.